The van der Waals surface area contributed by atoms with Gasteiger partial charge in [-0.1, -0.05) is 30.3 Å². The topological polar surface area (TPSA) is 16.1 Å². The fourth-order valence-corrected chi connectivity index (χ4v) is 6.29. The molecule has 2 bridgehead atoms. The molecule has 0 N–H and O–H groups in total. The van der Waals surface area contributed by atoms with Crippen molar-refractivity contribution < 1.29 is 0 Å². The molecule has 2 nitrogen and oxygen atoms in total. The smallest absolute Gasteiger partial charge is 0.0818 e. The van der Waals surface area contributed by atoms with Crippen LogP contribution in [-0.2, 0) is 5.41 Å². The molecule has 7 rings (SSSR count). The molecule has 26 heavy (non-hydrogen) atoms. The van der Waals surface area contributed by atoms with Crippen LogP contribution in [0.4, 0.5) is 0 Å². The molecule has 0 spiro atoms. The Kier molecular flexibility index (Phi) is 3.33. The number of piperidine rings is 3. The van der Waals surface area contributed by atoms with E-state index in [0.29, 0.717) is 5.41 Å². The summed E-state index contributed by atoms with van der Waals surface area (Å²) in [6.07, 6.45) is 5.65. The summed E-state index contributed by atoms with van der Waals surface area (Å²) in [5, 5.41) is 0. The minimum Gasteiger partial charge on any atom is -0.303 e. The van der Waals surface area contributed by atoms with Crippen LogP contribution in [-0.4, -0.2) is 29.5 Å². The maximum atomic E-state index is 4.47. The highest BCUT2D eigenvalue weighted by molar-refractivity contribution is 7.16. The summed E-state index contributed by atoms with van der Waals surface area (Å²) in [6.45, 7) is 4.03. The Balaban J connectivity index is 1.31. The Morgan fingerprint density at radius 3 is 2.42 bits per heavy atom. The first kappa shape index (κ1) is 15.4. The van der Waals surface area contributed by atoms with Crippen molar-refractivity contribution in [3.05, 3.63) is 53.5 Å². The molecule has 4 aliphatic rings. The number of hydrogen-bond acceptors (Lipinski definition) is 3. The summed E-state index contributed by atoms with van der Waals surface area (Å²) in [7, 11) is 0. The van der Waals surface area contributed by atoms with Gasteiger partial charge in [-0.25, -0.2) is 4.98 Å². The molecule has 1 unspecified atom stereocenters. The van der Waals surface area contributed by atoms with Gasteiger partial charge in [-0.15, -0.1) is 11.3 Å². The van der Waals surface area contributed by atoms with E-state index in [-0.39, 0.29) is 0 Å². The van der Waals surface area contributed by atoms with Crippen LogP contribution in [0.1, 0.15) is 31.2 Å². The first-order valence-corrected chi connectivity index (χ1v) is 10.9. The SMILES string of the molecule is c1nc2cc(-c3ccc(C4(C5CN6CCC5CC6)CC4)cc3)ccc2s1. The van der Waals surface area contributed by atoms with Crippen molar-refractivity contribution in [1.82, 2.24) is 9.88 Å². The molecule has 1 atom stereocenters. The predicted octanol–water partition coefficient (Wildman–Crippen LogP) is 5.34. The van der Waals surface area contributed by atoms with E-state index in [1.165, 1.54) is 61.1 Å². The molecule has 3 heteroatoms. The lowest BCUT2D eigenvalue weighted by atomic mass is 9.68. The van der Waals surface area contributed by atoms with E-state index in [1.807, 2.05) is 5.51 Å². The zero-order valence-electron chi connectivity index (χ0n) is 15.0. The molecule has 3 saturated heterocycles. The summed E-state index contributed by atoms with van der Waals surface area (Å²) < 4.78 is 1.27. The van der Waals surface area contributed by atoms with Gasteiger partial charge in [0.15, 0.2) is 0 Å². The molecule has 1 aromatic heterocycles. The fraction of sp³-hybridized carbons (Fsp3) is 0.435. The number of fused-ring (bicyclic) bond motifs is 4. The van der Waals surface area contributed by atoms with E-state index >= 15 is 0 Å². The Morgan fingerprint density at radius 1 is 0.962 bits per heavy atom. The second kappa shape index (κ2) is 5.64. The average Bonchev–Trinajstić information content (AvgIpc) is 3.39. The van der Waals surface area contributed by atoms with Crippen LogP contribution < -0.4 is 0 Å². The molecule has 1 saturated carbocycles. The lowest BCUT2D eigenvalue weighted by Gasteiger charge is -2.48. The van der Waals surface area contributed by atoms with E-state index in [2.05, 4.69) is 52.3 Å². The number of benzene rings is 2. The third-order valence-corrected chi connectivity index (χ3v) is 8.09. The van der Waals surface area contributed by atoms with Crippen LogP contribution in [0.15, 0.2) is 48.0 Å². The highest BCUT2D eigenvalue weighted by atomic mass is 32.1. The molecule has 4 fully saturated rings. The van der Waals surface area contributed by atoms with Crippen LogP contribution in [0, 0.1) is 11.8 Å². The van der Waals surface area contributed by atoms with Gasteiger partial charge in [-0.05, 0) is 84.8 Å². The van der Waals surface area contributed by atoms with Crippen molar-refractivity contribution in [3.63, 3.8) is 0 Å². The van der Waals surface area contributed by atoms with E-state index in [9.17, 15) is 0 Å². The maximum Gasteiger partial charge on any atom is 0.0818 e. The molecule has 132 valence electrons. The second-order valence-electron chi connectivity index (χ2n) is 8.51. The second-order valence-corrected chi connectivity index (χ2v) is 9.40. The first-order valence-electron chi connectivity index (χ1n) is 9.98. The monoisotopic (exact) mass is 360 g/mol. The van der Waals surface area contributed by atoms with Crippen LogP contribution in [0.5, 0.6) is 0 Å². The summed E-state index contributed by atoms with van der Waals surface area (Å²) in [4.78, 5) is 7.18. The van der Waals surface area contributed by atoms with Gasteiger partial charge in [-0.2, -0.15) is 0 Å². The normalized spacial score (nSPS) is 29.2. The molecule has 0 amide bonds. The molecular weight excluding hydrogens is 336 g/mol. The largest absolute Gasteiger partial charge is 0.303 e. The number of rotatable bonds is 3. The lowest BCUT2D eigenvalue weighted by molar-refractivity contribution is 0.0305. The van der Waals surface area contributed by atoms with Crippen molar-refractivity contribution in [1.29, 1.82) is 0 Å². The van der Waals surface area contributed by atoms with Gasteiger partial charge in [0.05, 0.1) is 15.7 Å². The molecule has 0 radical (unpaired) electrons. The summed E-state index contributed by atoms with van der Waals surface area (Å²) in [6, 6.07) is 16.2. The van der Waals surface area contributed by atoms with Gasteiger partial charge >= 0.3 is 0 Å². The van der Waals surface area contributed by atoms with Gasteiger partial charge in [-0.3, -0.25) is 0 Å². The van der Waals surface area contributed by atoms with Gasteiger partial charge in [0.1, 0.15) is 0 Å². The fourth-order valence-electron chi connectivity index (χ4n) is 5.63. The van der Waals surface area contributed by atoms with Crippen molar-refractivity contribution in [2.24, 2.45) is 11.8 Å². The number of nitrogens with zero attached hydrogens (tertiary/aromatic N) is 2. The maximum absolute atomic E-state index is 4.47. The number of aromatic nitrogens is 1. The van der Waals surface area contributed by atoms with Crippen LogP contribution in [0.25, 0.3) is 21.3 Å². The minimum absolute atomic E-state index is 0.487. The molecule has 4 heterocycles. The van der Waals surface area contributed by atoms with Crippen LogP contribution in [0.2, 0.25) is 0 Å². The van der Waals surface area contributed by atoms with Crippen molar-refractivity contribution >= 4 is 21.6 Å². The highest BCUT2D eigenvalue weighted by Crippen LogP contribution is 2.59. The average molecular weight is 361 g/mol. The lowest BCUT2D eigenvalue weighted by Crippen LogP contribution is -2.51. The zero-order chi connectivity index (χ0) is 17.1. The Bertz CT molecular complexity index is 946. The quantitative estimate of drug-likeness (QED) is 0.627. The standard InChI is InChI=1S/C23H24N2S/c1-4-19(23(9-10-23)20-14-25-11-7-17(20)8-12-25)5-2-16(1)18-3-6-22-21(13-18)24-15-26-22/h1-6,13,15,17,20H,7-12,14H2. The number of thiazole rings is 1. The van der Waals surface area contributed by atoms with Gasteiger partial charge in [0.25, 0.3) is 0 Å². The Hall–Kier alpha value is -1.71. The summed E-state index contributed by atoms with van der Waals surface area (Å²) >= 11 is 1.71. The van der Waals surface area contributed by atoms with E-state index in [0.717, 1.165) is 17.4 Å². The summed E-state index contributed by atoms with van der Waals surface area (Å²) in [5.74, 6) is 1.86. The predicted molar refractivity (Wildman–Crippen MR) is 109 cm³/mol. The number of hydrogen-bond donors (Lipinski definition) is 0. The van der Waals surface area contributed by atoms with Crippen LogP contribution >= 0.6 is 11.3 Å². The molecule has 1 aliphatic carbocycles. The third kappa shape index (κ3) is 2.30. The highest BCUT2D eigenvalue weighted by Gasteiger charge is 2.55. The van der Waals surface area contributed by atoms with Crippen molar-refractivity contribution in [2.45, 2.75) is 31.1 Å². The van der Waals surface area contributed by atoms with Gasteiger partial charge < -0.3 is 4.90 Å². The third-order valence-electron chi connectivity index (χ3n) is 7.28. The van der Waals surface area contributed by atoms with Crippen LogP contribution in [0.3, 0.4) is 0 Å². The Morgan fingerprint density at radius 2 is 1.73 bits per heavy atom. The van der Waals surface area contributed by atoms with Crippen molar-refractivity contribution in [2.75, 3.05) is 19.6 Å². The van der Waals surface area contributed by atoms with E-state index in [4.69, 9.17) is 0 Å². The van der Waals surface area contributed by atoms with E-state index in [1.54, 1.807) is 16.9 Å². The van der Waals surface area contributed by atoms with Gasteiger partial charge in [0, 0.05) is 6.54 Å². The molecular formula is C23H24N2S. The zero-order valence-corrected chi connectivity index (χ0v) is 15.8. The van der Waals surface area contributed by atoms with E-state index < -0.39 is 0 Å². The summed E-state index contributed by atoms with van der Waals surface area (Å²) in [5.41, 5.74) is 7.72. The van der Waals surface area contributed by atoms with Crippen molar-refractivity contribution in [3.8, 4) is 11.1 Å². The van der Waals surface area contributed by atoms with Gasteiger partial charge in [0.2, 0.25) is 0 Å². The molecule has 3 aromatic rings. The molecule has 2 aromatic carbocycles. The Labute approximate surface area is 158 Å². The minimum atomic E-state index is 0.487. The first-order chi connectivity index (χ1) is 12.8. The molecule has 3 aliphatic heterocycles.